The second-order valence-electron chi connectivity index (χ2n) is 6.71. The molecule has 1 unspecified atom stereocenters. The predicted molar refractivity (Wildman–Crippen MR) is 90.5 cm³/mol. The van der Waals surface area contributed by atoms with Gasteiger partial charge in [-0.2, -0.15) is 0 Å². The Labute approximate surface area is 134 Å². The van der Waals surface area contributed by atoms with E-state index in [2.05, 4.69) is 40.5 Å². The van der Waals surface area contributed by atoms with Crippen LogP contribution < -0.4 is 11.1 Å². The van der Waals surface area contributed by atoms with Crippen LogP contribution in [0.1, 0.15) is 25.8 Å². The number of nitrogens with zero attached hydrogens (tertiary/aromatic N) is 1. The van der Waals surface area contributed by atoms with Crippen molar-refractivity contribution < 1.29 is 4.79 Å². The molecule has 1 aromatic carbocycles. The molecular weight excluding hydrogens is 274 g/mol. The molecule has 1 heterocycles. The molecule has 0 saturated carbocycles. The molecular formula is C18H29N3O. The molecule has 1 saturated heterocycles. The second-order valence-corrected chi connectivity index (χ2v) is 6.71. The molecule has 1 aromatic rings. The molecule has 1 aliphatic heterocycles. The van der Waals surface area contributed by atoms with Gasteiger partial charge in [-0.1, -0.05) is 44.2 Å². The van der Waals surface area contributed by atoms with Gasteiger partial charge in [0.2, 0.25) is 5.91 Å². The molecule has 1 fully saturated rings. The first-order chi connectivity index (χ1) is 10.6. The number of carbonyl (C=O) groups excluding carboxylic acids is 1. The minimum absolute atomic E-state index is 0.0160. The molecule has 0 spiro atoms. The van der Waals surface area contributed by atoms with E-state index in [0.717, 1.165) is 39.0 Å². The van der Waals surface area contributed by atoms with Crippen LogP contribution in [0.25, 0.3) is 0 Å². The van der Waals surface area contributed by atoms with Crippen molar-refractivity contribution in [3.8, 4) is 0 Å². The Hall–Kier alpha value is -1.39. The lowest BCUT2D eigenvalue weighted by atomic mass is 10.0. The minimum atomic E-state index is -0.393. The van der Waals surface area contributed by atoms with Gasteiger partial charge < -0.3 is 16.0 Å². The lowest BCUT2D eigenvalue weighted by Crippen LogP contribution is -2.45. The van der Waals surface area contributed by atoms with Crippen LogP contribution in [0.4, 0.5) is 0 Å². The van der Waals surface area contributed by atoms with Crippen molar-refractivity contribution in [3.05, 3.63) is 35.9 Å². The Morgan fingerprint density at radius 2 is 2.09 bits per heavy atom. The number of nitrogens with one attached hydrogen (secondary N) is 1. The zero-order valence-corrected chi connectivity index (χ0v) is 13.8. The van der Waals surface area contributed by atoms with Crippen molar-refractivity contribution in [1.29, 1.82) is 0 Å². The summed E-state index contributed by atoms with van der Waals surface area (Å²) in [5.41, 5.74) is 7.25. The van der Waals surface area contributed by atoms with E-state index in [9.17, 15) is 4.79 Å². The SMILES string of the molecule is CC(C)[C@H](N)C(=O)NCC1CCN(CCc2ccccc2)C1. The maximum absolute atomic E-state index is 11.9. The van der Waals surface area contributed by atoms with E-state index in [0.29, 0.717) is 5.92 Å². The average molecular weight is 303 g/mol. The third-order valence-corrected chi connectivity index (χ3v) is 4.52. The lowest BCUT2D eigenvalue weighted by molar-refractivity contribution is -0.123. The summed E-state index contributed by atoms with van der Waals surface area (Å²) >= 11 is 0. The van der Waals surface area contributed by atoms with Crippen LogP contribution in [-0.4, -0.2) is 43.0 Å². The molecule has 1 amide bonds. The number of benzene rings is 1. The van der Waals surface area contributed by atoms with Crippen molar-refractivity contribution in [2.24, 2.45) is 17.6 Å². The van der Waals surface area contributed by atoms with E-state index in [1.54, 1.807) is 0 Å². The van der Waals surface area contributed by atoms with E-state index in [1.165, 1.54) is 5.56 Å². The van der Waals surface area contributed by atoms with Crippen molar-refractivity contribution in [2.45, 2.75) is 32.7 Å². The van der Waals surface area contributed by atoms with Gasteiger partial charge in [0.25, 0.3) is 0 Å². The third-order valence-electron chi connectivity index (χ3n) is 4.52. The van der Waals surface area contributed by atoms with Crippen LogP contribution in [0.3, 0.4) is 0 Å². The van der Waals surface area contributed by atoms with Crippen LogP contribution in [-0.2, 0) is 11.2 Å². The Balaban J connectivity index is 1.66. The highest BCUT2D eigenvalue weighted by Crippen LogP contribution is 2.16. The third kappa shape index (κ3) is 5.11. The van der Waals surface area contributed by atoms with Crippen molar-refractivity contribution in [3.63, 3.8) is 0 Å². The first-order valence-electron chi connectivity index (χ1n) is 8.36. The zero-order chi connectivity index (χ0) is 15.9. The highest BCUT2D eigenvalue weighted by Gasteiger charge is 2.24. The van der Waals surface area contributed by atoms with Crippen molar-refractivity contribution >= 4 is 5.91 Å². The molecule has 0 aromatic heterocycles. The molecule has 0 aliphatic carbocycles. The maximum atomic E-state index is 11.9. The molecule has 4 heteroatoms. The quantitative estimate of drug-likeness (QED) is 0.805. The summed E-state index contributed by atoms with van der Waals surface area (Å²) in [4.78, 5) is 14.4. The van der Waals surface area contributed by atoms with E-state index in [-0.39, 0.29) is 11.8 Å². The van der Waals surface area contributed by atoms with Crippen LogP contribution in [0.2, 0.25) is 0 Å². The van der Waals surface area contributed by atoms with Gasteiger partial charge in [0.15, 0.2) is 0 Å². The van der Waals surface area contributed by atoms with Gasteiger partial charge in [-0.3, -0.25) is 4.79 Å². The van der Waals surface area contributed by atoms with Crippen molar-refractivity contribution in [1.82, 2.24) is 10.2 Å². The predicted octanol–water partition coefficient (Wildman–Crippen LogP) is 1.65. The standard InChI is InChI=1S/C18H29N3O/c1-14(2)17(19)18(22)20-12-16-9-11-21(13-16)10-8-15-6-4-3-5-7-15/h3-7,14,16-17H,8-13,19H2,1-2H3,(H,20,22)/t16?,17-/m0/s1. The fraction of sp³-hybridized carbons (Fsp3) is 0.611. The summed E-state index contributed by atoms with van der Waals surface area (Å²) in [6.07, 6.45) is 2.25. The molecule has 2 rings (SSSR count). The number of nitrogens with two attached hydrogens (primary N) is 1. The summed E-state index contributed by atoms with van der Waals surface area (Å²) in [6, 6.07) is 10.2. The minimum Gasteiger partial charge on any atom is -0.354 e. The molecule has 0 bridgehead atoms. The topological polar surface area (TPSA) is 58.4 Å². The van der Waals surface area contributed by atoms with Gasteiger partial charge in [0, 0.05) is 19.6 Å². The van der Waals surface area contributed by atoms with Gasteiger partial charge in [0.05, 0.1) is 6.04 Å². The van der Waals surface area contributed by atoms with Gasteiger partial charge >= 0.3 is 0 Å². The van der Waals surface area contributed by atoms with Gasteiger partial charge in [-0.25, -0.2) is 0 Å². The number of amides is 1. The van der Waals surface area contributed by atoms with Crippen LogP contribution in [0.5, 0.6) is 0 Å². The van der Waals surface area contributed by atoms with E-state index in [4.69, 9.17) is 5.73 Å². The van der Waals surface area contributed by atoms with Gasteiger partial charge in [-0.05, 0) is 36.8 Å². The maximum Gasteiger partial charge on any atom is 0.237 e. The highest BCUT2D eigenvalue weighted by molar-refractivity contribution is 5.81. The lowest BCUT2D eigenvalue weighted by Gasteiger charge is -2.18. The van der Waals surface area contributed by atoms with Gasteiger partial charge in [0.1, 0.15) is 0 Å². The fourth-order valence-electron chi connectivity index (χ4n) is 2.88. The summed E-state index contributed by atoms with van der Waals surface area (Å²) < 4.78 is 0. The molecule has 0 radical (unpaired) electrons. The number of hydrogen-bond donors (Lipinski definition) is 2. The first-order valence-corrected chi connectivity index (χ1v) is 8.36. The number of likely N-dealkylation sites (tertiary alicyclic amines) is 1. The number of hydrogen-bond acceptors (Lipinski definition) is 3. The smallest absolute Gasteiger partial charge is 0.237 e. The summed E-state index contributed by atoms with van der Waals surface area (Å²) in [5.74, 6) is 0.725. The van der Waals surface area contributed by atoms with Crippen LogP contribution in [0, 0.1) is 11.8 Å². The highest BCUT2D eigenvalue weighted by atomic mass is 16.2. The van der Waals surface area contributed by atoms with Gasteiger partial charge in [-0.15, -0.1) is 0 Å². The Morgan fingerprint density at radius 1 is 1.36 bits per heavy atom. The Bertz CT molecular complexity index is 461. The summed E-state index contributed by atoms with van der Waals surface area (Å²) in [5, 5.41) is 3.01. The molecule has 3 N–H and O–H groups in total. The van der Waals surface area contributed by atoms with Crippen molar-refractivity contribution in [2.75, 3.05) is 26.2 Å². The van der Waals surface area contributed by atoms with E-state index in [1.807, 2.05) is 13.8 Å². The normalized spacial score (nSPS) is 20.3. The Kier molecular flexibility index (Phi) is 6.40. The molecule has 22 heavy (non-hydrogen) atoms. The number of carbonyl (C=O) groups is 1. The monoisotopic (exact) mass is 303 g/mol. The molecule has 122 valence electrons. The molecule has 1 aliphatic rings. The molecule has 4 nitrogen and oxygen atoms in total. The average Bonchev–Trinajstić information content (AvgIpc) is 2.98. The van der Waals surface area contributed by atoms with E-state index >= 15 is 0 Å². The first kappa shape index (κ1) is 17.0. The summed E-state index contributed by atoms with van der Waals surface area (Å²) in [7, 11) is 0. The largest absolute Gasteiger partial charge is 0.354 e. The summed E-state index contributed by atoms with van der Waals surface area (Å²) in [6.45, 7) is 8.00. The molecule has 2 atom stereocenters. The second kappa shape index (κ2) is 8.30. The van der Waals surface area contributed by atoms with Crippen LogP contribution in [0.15, 0.2) is 30.3 Å². The number of rotatable bonds is 7. The zero-order valence-electron chi connectivity index (χ0n) is 13.8. The Morgan fingerprint density at radius 3 is 2.77 bits per heavy atom. The fourth-order valence-corrected chi connectivity index (χ4v) is 2.88. The van der Waals surface area contributed by atoms with Crippen LogP contribution >= 0.6 is 0 Å². The van der Waals surface area contributed by atoms with E-state index < -0.39 is 6.04 Å².